The summed E-state index contributed by atoms with van der Waals surface area (Å²) in [5.74, 6) is 6.59. The molecule has 0 aromatic carbocycles. The van der Waals surface area contributed by atoms with Crippen LogP contribution in [0.4, 0.5) is 0 Å². The molecule has 5 aliphatic carbocycles. The maximum absolute atomic E-state index is 3.77. The van der Waals surface area contributed by atoms with Crippen LogP contribution in [0.25, 0.3) is 0 Å². The van der Waals surface area contributed by atoms with Gasteiger partial charge in [-0.2, -0.15) is 0 Å². The van der Waals surface area contributed by atoms with Crippen molar-refractivity contribution >= 4 is 0 Å². The first-order valence-electron chi connectivity index (χ1n) is 19.9. The van der Waals surface area contributed by atoms with Gasteiger partial charge in [-0.3, -0.25) is 0 Å². The Hall–Kier alpha value is -1.36. The molecule has 48 heavy (non-hydrogen) atoms. The minimum absolute atomic E-state index is 0.708. The molecule has 8 nitrogen and oxygen atoms in total. The van der Waals surface area contributed by atoms with E-state index < -0.39 is 0 Å². The third-order valence-electron chi connectivity index (χ3n) is 12.9. The highest BCUT2D eigenvalue weighted by molar-refractivity contribution is 5.10. The van der Waals surface area contributed by atoms with Gasteiger partial charge >= 0.3 is 0 Å². The number of nitrogens with one attached hydrogen (secondary N) is 7. The van der Waals surface area contributed by atoms with E-state index in [1.807, 2.05) is 0 Å². The highest BCUT2D eigenvalue weighted by atomic mass is 15.1. The summed E-state index contributed by atoms with van der Waals surface area (Å²) in [6.45, 7) is 12.9. The zero-order valence-corrected chi connectivity index (χ0v) is 30.7. The van der Waals surface area contributed by atoms with Crippen molar-refractivity contribution in [2.75, 3.05) is 80.0 Å². The average Bonchev–Trinajstić information content (AvgIpc) is 3.62. The Balaban J connectivity index is 0.000000112. The quantitative estimate of drug-likeness (QED) is 0.219. The van der Waals surface area contributed by atoms with Crippen LogP contribution in [0, 0.1) is 47.3 Å². The van der Waals surface area contributed by atoms with Gasteiger partial charge in [0, 0.05) is 82.6 Å². The molecule has 7 N–H and O–H groups in total. The van der Waals surface area contributed by atoms with Crippen molar-refractivity contribution in [2.45, 2.75) is 75.7 Å². The summed E-state index contributed by atoms with van der Waals surface area (Å²) in [6.07, 6.45) is 26.7. The van der Waals surface area contributed by atoms with Crippen molar-refractivity contribution in [3.8, 4) is 0 Å². The van der Waals surface area contributed by atoms with E-state index in [4.69, 9.17) is 0 Å². The summed E-state index contributed by atoms with van der Waals surface area (Å²) >= 11 is 0. The summed E-state index contributed by atoms with van der Waals surface area (Å²) in [5, 5.41) is 24.6. The van der Waals surface area contributed by atoms with Gasteiger partial charge < -0.3 is 42.1 Å². The molecule has 0 amide bonds. The first kappa shape index (κ1) is 36.4. The van der Waals surface area contributed by atoms with E-state index >= 15 is 0 Å². The second-order valence-corrected chi connectivity index (χ2v) is 16.2. The monoisotopic (exact) mass is 663 g/mol. The fourth-order valence-electron chi connectivity index (χ4n) is 9.92. The predicted molar refractivity (Wildman–Crippen MR) is 202 cm³/mol. The maximum atomic E-state index is 3.77. The largest absolute Gasteiger partial charge is 0.316 e. The van der Waals surface area contributed by atoms with E-state index in [1.54, 1.807) is 0 Å². The zero-order valence-electron chi connectivity index (χ0n) is 30.7. The Morgan fingerprint density at radius 2 is 1.00 bits per heavy atom. The van der Waals surface area contributed by atoms with Crippen LogP contribution < -0.4 is 37.2 Å². The highest BCUT2D eigenvalue weighted by Crippen LogP contribution is 2.32. The van der Waals surface area contributed by atoms with Crippen LogP contribution in [0.3, 0.4) is 0 Å². The molecule has 4 heterocycles. The van der Waals surface area contributed by atoms with Crippen LogP contribution in [0.2, 0.25) is 0 Å². The van der Waals surface area contributed by atoms with Crippen LogP contribution in [-0.2, 0) is 0 Å². The molecule has 270 valence electrons. The summed E-state index contributed by atoms with van der Waals surface area (Å²) < 4.78 is 0. The Labute approximate surface area is 293 Å². The number of fused-ring (bicyclic) bond motifs is 4. The SMILES string of the molecule is C1=CC2CNCC2C(NC2CC2)C1.CCNC1CC=CC2CNCC21.CN(C)C1CC=CC2CNCC21.CNC1CC=CC2CNCC21. The zero-order chi connectivity index (χ0) is 33.3. The summed E-state index contributed by atoms with van der Waals surface area (Å²) in [5.41, 5.74) is 0. The van der Waals surface area contributed by atoms with E-state index in [9.17, 15) is 0 Å². The molecule has 0 aromatic heterocycles. The second-order valence-electron chi connectivity index (χ2n) is 16.2. The number of nitrogens with zero attached hydrogens (tertiary/aromatic N) is 1. The smallest absolute Gasteiger partial charge is 0.0170 e. The van der Waals surface area contributed by atoms with Crippen molar-refractivity contribution in [1.82, 2.24) is 42.1 Å². The lowest BCUT2D eigenvalue weighted by Gasteiger charge is -2.34. The summed E-state index contributed by atoms with van der Waals surface area (Å²) in [6, 6.07) is 3.81. The lowest BCUT2D eigenvalue weighted by Crippen LogP contribution is -2.42. The van der Waals surface area contributed by atoms with Crippen molar-refractivity contribution < 1.29 is 0 Å². The van der Waals surface area contributed by atoms with Gasteiger partial charge in [-0.1, -0.05) is 55.5 Å². The van der Waals surface area contributed by atoms with Gasteiger partial charge in [0.15, 0.2) is 0 Å². The lowest BCUT2D eigenvalue weighted by molar-refractivity contribution is 0.193. The molecule has 4 aliphatic heterocycles. The lowest BCUT2D eigenvalue weighted by atomic mass is 9.82. The first-order valence-corrected chi connectivity index (χ1v) is 19.9. The minimum atomic E-state index is 0.708. The molecule has 0 bridgehead atoms. The standard InChI is InChI=1S/C11H18N2.2C10H18N2.C9H16N2/c1-2-8-6-12-7-10(8)11(3-1)13-9-4-5-9;1-12(2)10-5-3-4-8-6-11-7-9(8)10;1-2-12-10-5-3-4-8-6-11-7-9(8)10;1-10-9-4-2-3-7-5-11-6-8(7)9/h1-2,8-13H,3-7H2;3-4,8-11H,5-7H2,1-2H3;3-4,8-12H,2,5-7H2,1H3;2-3,7-11H,4-6H2,1H3. The van der Waals surface area contributed by atoms with Gasteiger partial charge in [-0.05, 0) is 114 Å². The van der Waals surface area contributed by atoms with E-state index in [1.165, 1.54) is 90.9 Å². The fourth-order valence-corrected chi connectivity index (χ4v) is 9.92. The molecule has 8 heteroatoms. The summed E-state index contributed by atoms with van der Waals surface area (Å²) in [7, 11) is 6.46. The van der Waals surface area contributed by atoms with E-state index in [2.05, 4.69) is 119 Å². The van der Waals surface area contributed by atoms with Crippen LogP contribution >= 0.6 is 0 Å². The van der Waals surface area contributed by atoms with E-state index in [0.717, 1.165) is 78.1 Å². The van der Waals surface area contributed by atoms with Gasteiger partial charge in [0.05, 0.1) is 0 Å². The normalized spacial score (nSPS) is 41.6. The van der Waals surface area contributed by atoms with Crippen molar-refractivity contribution in [3.63, 3.8) is 0 Å². The van der Waals surface area contributed by atoms with Gasteiger partial charge in [0.1, 0.15) is 0 Å². The highest BCUT2D eigenvalue weighted by Gasteiger charge is 2.37. The minimum Gasteiger partial charge on any atom is -0.316 e. The molecule has 0 radical (unpaired) electrons. The van der Waals surface area contributed by atoms with Gasteiger partial charge in [-0.25, -0.2) is 0 Å². The number of hydrogen-bond acceptors (Lipinski definition) is 8. The van der Waals surface area contributed by atoms with Gasteiger partial charge in [0.25, 0.3) is 0 Å². The molecular formula is C40H70N8. The van der Waals surface area contributed by atoms with E-state index in [0.29, 0.717) is 6.04 Å². The third-order valence-corrected chi connectivity index (χ3v) is 12.9. The molecular weight excluding hydrogens is 592 g/mol. The molecule has 4 saturated heterocycles. The molecule has 12 unspecified atom stereocenters. The van der Waals surface area contributed by atoms with Crippen LogP contribution in [0.1, 0.15) is 45.4 Å². The predicted octanol–water partition coefficient (Wildman–Crippen LogP) is 2.74. The number of hydrogen-bond donors (Lipinski definition) is 7. The first-order chi connectivity index (χ1) is 23.6. The van der Waals surface area contributed by atoms with Gasteiger partial charge in [-0.15, -0.1) is 0 Å². The van der Waals surface area contributed by atoms with Crippen LogP contribution in [0.5, 0.6) is 0 Å². The van der Waals surface area contributed by atoms with E-state index in [-0.39, 0.29) is 0 Å². The summed E-state index contributed by atoms with van der Waals surface area (Å²) in [4.78, 5) is 2.37. The maximum Gasteiger partial charge on any atom is 0.0170 e. The van der Waals surface area contributed by atoms with Gasteiger partial charge in [0.2, 0.25) is 0 Å². The van der Waals surface area contributed by atoms with Crippen LogP contribution in [-0.4, -0.2) is 115 Å². The fraction of sp³-hybridized carbons (Fsp3) is 0.800. The molecule has 1 saturated carbocycles. The Kier molecular flexibility index (Phi) is 13.8. The van der Waals surface area contributed by atoms with Crippen molar-refractivity contribution in [1.29, 1.82) is 0 Å². The third kappa shape index (κ3) is 9.49. The molecule has 5 fully saturated rings. The molecule has 9 aliphatic rings. The topological polar surface area (TPSA) is 87.5 Å². The second kappa shape index (κ2) is 18.2. The molecule has 0 aromatic rings. The molecule has 12 atom stereocenters. The Bertz CT molecular complexity index is 1080. The average molecular weight is 663 g/mol. The Morgan fingerprint density at radius 3 is 1.50 bits per heavy atom. The molecule has 9 rings (SSSR count). The van der Waals surface area contributed by atoms with Crippen molar-refractivity contribution in [2.24, 2.45) is 47.3 Å². The number of rotatable bonds is 6. The van der Waals surface area contributed by atoms with Crippen LogP contribution in [0.15, 0.2) is 48.6 Å². The Morgan fingerprint density at radius 1 is 0.562 bits per heavy atom. The molecule has 0 spiro atoms. The van der Waals surface area contributed by atoms with Crippen molar-refractivity contribution in [3.05, 3.63) is 48.6 Å².